The highest BCUT2D eigenvalue weighted by Gasteiger charge is 2.11. The SMILES string of the molecule is Cc1c(Br)ccc(C(=O)CBr)c1I. The number of hydrogen-bond donors (Lipinski definition) is 0. The minimum atomic E-state index is 0.125. The second-order valence-corrected chi connectivity index (χ2v) is 5.08. The van der Waals surface area contributed by atoms with Crippen LogP contribution in [0.15, 0.2) is 16.6 Å². The molecule has 0 unspecified atom stereocenters. The average molecular weight is 418 g/mol. The van der Waals surface area contributed by atoms with Gasteiger partial charge >= 0.3 is 0 Å². The van der Waals surface area contributed by atoms with Crippen LogP contribution in [0.2, 0.25) is 0 Å². The topological polar surface area (TPSA) is 17.1 Å². The van der Waals surface area contributed by atoms with Gasteiger partial charge in [0.2, 0.25) is 0 Å². The number of alkyl halides is 1. The third kappa shape index (κ3) is 2.53. The van der Waals surface area contributed by atoms with Crippen LogP contribution in [0.25, 0.3) is 0 Å². The van der Waals surface area contributed by atoms with Gasteiger partial charge in [-0.25, -0.2) is 0 Å². The maximum absolute atomic E-state index is 11.4. The first-order valence-electron chi connectivity index (χ1n) is 3.61. The van der Waals surface area contributed by atoms with Gasteiger partial charge in [-0.15, -0.1) is 0 Å². The van der Waals surface area contributed by atoms with E-state index in [1.807, 2.05) is 19.1 Å². The maximum atomic E-state index is 11.4. The number of carbonyl (C=O) groups excluding carboxylic acids is 1. The first kappa shape index (κ1) is 11.7. The summed E-state index contributed by atoms with van der Waals surface area (Å²) >= 11 is 8.78. The van der Waals surface area contributed by atoms with E-state index < -0.39 is 0 Å². The van der Waals surface area contributed by atoms with Crippen molar-refractivity contribution in [2.45, 2.75) is 6.92 Å². The van der Waals surface area contributed by atoms with Crippen LogP contribution >= 0.6 is 54.5 Å². The monoisotopic (exact) mass is 416 g/mol. The van der Waals surface area contributed by atoms with Crippen molar-refractivity contribution in [3.05, 3.63) is 31.3 Å². The Balaban J connectivity index is 3.26. The van der Waals surface area contributed by atoms with Crippen LogP contribution in [-0.4, -0.2) is 11.1 Å². The Labute approximate surface area is 108 Å². The molecule has 1 aromatic rings. The Bertz CT molecular complexity index is 350. The molecule has 0 aliphatic heterocycles. The molecule has 70 valence electrons. The normalized spacial score (nSPS) is 10.2. The minimum Gasteiger partial charge on any atom is -0.293 e. The highest BCUT2D eigenvalue weighted by molar-refractivity contribution is 14.1. The van der Waals surface area contributed by atoms with Crippen molar-refractivity contribution < 1.29 is 4.79 Å². The van der Waals surface area contributed by atoms with Crippen molar-refractivity contribution in [3.8, 4) is 0 Å². The molecule has 4 heteroatoms. The zero-order valence-electron chi connectivity index (χ0n) is 6.90. The van der Waals surface area contributed by atoms with Gasteiger partial charge in [0.15, 0.2) is 5.78 Å². The van der Waals surface area contributed by atoms with Crippen LogP contribution in [0.5, 0.6) is 0 Å². The van der Waals surface area contributed by atoms with Crippen molar-refractivity contribution in [2.75, 3.05) is 5.33 Å². The number of halogens is 3. The molecule has 0 radical (unpaired) electrons. The van der Waals surface area contributed by atoms with E-state index >= 15 is 0 Å². The van der Waals surface area contributed by atoms with Gasteiger partial charge < -0.3 is 0 Å². The Morgan fingerprint density at radius 3 is 2.69 bits per heavy atom. The Hall–Kier alpha value is 0.580. The molecule has 1 nitrogen and oxygen atoms in total. The van der Waals surface area contributed by atoms with Crippen molar-refractivity contribution >= 4 is 60.2 Å². The van der Waals surface area contributed by atoms with E-state index in [9.17, 15) is 4.79 Å². The zero-order valence-corrected chi connectivity index (χ0v) is 12.2. The van der Waals surface area contributed by atoms with Crippen LogP contribution in [0.3, 0.4) is 0 Å². The third-order valence-electron chi connectivity index (χ3n) is 1.74. The molecular formula is C9H7Br2IO. The molecule has 0 saturated carbocycles. The van der Waals surface area contributed by atoms with E-state index in [2.05, 4.69) is 54.5 Å². The van der Waals surface area contributed by atoms with E-state index in [0.717, 1.165) is 19.2 Å². The summed E-state index contributed by atoms with van der Waals surface area (Å²) in [6.45, 7) is 2.00. The molecule has 0 N–H and O–H groups in total. The molecule has 0 aliphatic rings. The van der Waals surface area contributed by atoms with Crippen molar-refractivity contribution in [1.29, 1.82) is 0 Å². The smallest absolute Gasteiger partial charge is 0.174 e. The van der Waals surface area contributed by atoms with Gasteiger partial charge in [-0.2, -0.15) is 0 Å². The summed E-state index contributed by atoms with van der Waals surface area (Å²) in [5.74, 6) is 0.125. The second kappa shape index (κ2) is 4.89. The number of benzene rings is 1. The molecule has 1 aromatic carbocycles. The quantitative estimate of drug-likeness (QED) is 0.405. The third-order valence-corrected chi connectivity index (χ3v) is 4.50. The molecule has 0 bridgehead atoms. The molecule has 13 heavy (non-hydrogen) atoms. The fraction of sp³-hybridized carbons (Fsp3) is 0.222. The highest BCUT2D eigenvalue weighted by Crippen LogP contribution is 2.25. The maximum Gasteiger partial charge on any atom is 0.174 e. The summed E-state index contributed by atoms with van der Waals surface area (Å²) in [5.41, 5.74) is 1.91. The summed E-state index contributed by atoms with van der Waals surface area (Å²) in [4.78, 5) is 11.4. The van der Waals surface area contributed by atoms with Gasteiger partial charge in [0.1, 0.15) is 0 Å². The average Bonchev–Trinajstić information content (AvgIpc) is 2.13. The van der Waals surface area contributed by atoms with Crippen molar-refractivity contribution in [3.63, 3.8) is 0 Å². The summed E-state index contributed by atoms with van der Waals surface area (Å²) in [6.07, 6.45) is 0. The molecule has 0 spiro atoms. The Morgan fingerprint density at radius 1 is 1.54 bits per heavy atom. The van der Waals surface area contributed by atoms with Crippen LogP contribution in [-0.2, 0) is 0 Å². The number of ketones is 1. The lowest BCUT2D eigenvalue weighted by molar-refractivity contribution is 0.102. The predicted octanol–water partition coefficient (Wildman–Crippen LogP) is 3.94. The molecule has 0 atom stereocenters. The van der Waals surface area contributed by atoms with Gasteiger partial charge in [-0.05, 0) is 47.2 Å². The van der Waals surface area contributed by atoms with Gasteiger partial charge in [0.05, 0.1) is 5.33 Å². The molecule has 0 amide bonds. The minimum absolute atomic E-state index is 0.125. The lowest BCUT2D eigenvalue weighted by atomic mass is 10.1. The fourth-order valence-corrected chi connectivity index (χ4v) is 2.72. The van der Waals surface area contributed by atoms with Gasteiger partial charge in [-0.1, -0.05) is 31.9 Å². The van der Waals surface area contributed by atoms with E-state index in [0.29, 0.717) is 5.33 Å². The standard InChI is InChI=1S/C9H7Br2IO/c1-5-7(11)3-2-6(9(5)12)8(13)4-10/h2-3H,4H2,1H3. The number of rotatable bonds is 2. The van der Waals surface area contributed by atoms with Crippen LogP contribution in [0, 0.1) is 10.5 Å². The molecule has 0 saturated heterocycles. The van der Waals surface area contributed by atoms with Gasteiger partial charge in [-0.3, -0.25) is 4.79 Å². The van der Waals surface area contributed by atoms with Crippen LogP contribution in [0.4, 0.5) is 0 Å². The fourth-order valence-electron chi connectivity index (χ4n) is 0.949. The predicted molar refractivity (Wildman–Crippen MR) is 69.7 cm³/mol. The summed E-state index contributed by atoms with van der Waals surface area (Å²) in [5, 5.41) is 0.379. The van der Waals surface area contributed by atoms with Crippen LogP contribution in [0.1, 0.15) is 15.9 Å². The van der Waals surface area contributed by atoms with E-state index in [4.69, 9.17) is 0 Å². The second-order valence-electron chi connectivity index (χ2n) is 2.59. The number of carbonyl (C=O) groups is 1. The molecule has 0 heterocycles. The molecule has 0 aliphatic carbocycles. The highest BCUT2D eigenvalue weighted by atomic mass is 127. The lowest BCUT2D eigenvalue weighted by Gasteiger charge is -2.06. The summed E-state index contributed by atoms with van der Waals surface area (Å²) < 4.78 is 2.07. The van der Waals surface area contributed by atoms with Crippen molar-refractivity contribution in [1.82, 2.24) is 0 Å². The van der Waals surface area contributed by atoms with Gasteiger partial charge in [0.25, 0.3) is 0 Å². The number of hydrogen-bond acceptors (Lipinski definition) is 1. The van der Waals surface area contributed by atoms with Crippen molar-refractivity contribution in [2.24, 2.45) is 0 Å². The zero-order chi connectivity index (χ0) is 10.0. The molecule has 0 fully saturated rings. The molecule has 0 aromatic heterocycles. The Morgan fingerprint density at radius 2 is 2.15 bits per heavy atom. The first-order chi connectivity index (χ1) is 6.07. The first-order valence-corrected chi connectivity index (χ1v) is 6.61. The van der Waals surface area contributed by atoms with E-state index in [-0.39, 0.29) is 5.78 Å². The lowest BCUT2D eigenvalue weighted by Crippen LogP contribution is -2.04. The van der Waals surface area contributed by atoms with E-state index in [1.165, 1.54) is 0 Å². The summed E-state index contributed by atoms with van der Waals surface area (Å²) in [6, 6.07) is 3.76. The molecular weight excluding hydrogens is 411 g/mol. The van der Waals surface area contributed by atoms with Crippen LogP contribution < -0.4 is 0 Å². The summed E-state index contributed by atoms with van der Waals surface area (Å²) in [7, 11) is 0. The van der Waals surface area contributed by atoms with E-state index in [1.54, 1.807) is 0 Å². The molecule has 1 rings (SSSR count). The Kier molecular flexibility index (Phi) is 4.38. The van der Waals surface area contributed by atoms with Gasteiger partial charge in [0, 0.05) is 13.6 Å². The number of Topliss-reactive ketones (excluding diaryl/α,β-unsaturated/α-hetero) is 1. The largest absolute Gasteiger partial charge is 0.293 e.